The van der Waals surface area contributed by atoms with E-state index in [0.29, 0.717) is 18.3 Å². The molecule has 0 radical (unpaired) electrons. The number of hydrogen-bond acceptors (Lipinski definition) is 2. The third-order valence-electron chi connectivity index (χ3n) is 3.04. The van der Waals surface area contributed by atoms with Crippen molar-refractivity contribution in [2.75, 3.05) is 7.11 Å². The summed E-state index contributed by atoms with van der Waals surface area (Å²) in [5.74, 6) is 0.976. The predicted octanol–water partition coefficient (Wildman–Crippen LogP) is 2.25. The molecule has 2 rings (SSSR count). The lowest BCUT2D eigenvalue weighted by molar-refractivity contribution is -0.131. The third-order valence-corrected chi connectivity index (χ3v) is 3.04. The molecule has 1 N–H and O–H groups in total. The maximum absolute atomic E-state index is 11.5. The van der Waals surface area contributed by atoms with Crippen molar-refractivity contribution in [3.63, 3.8) is 0 Å². The van der Waals surface area contributed by atoms with Crippen LogP contribution in [-0.2, 0) is 9.63 Å². The summed E-state index contributed by atoms with van der Waals surface area (Å²) in [4.78, 5) is 16.2. The Labute approximate surface area is 95.8 Å². The van der Waals surface area contributed by atoms with Gasteiger partial charge < -0.3 is 0 Å². The van der Waals surface area contributed by atoms with Crippen molar-refractivity contribution in [1.82, 2.24) is 5.48 Å². The molecule has 1 saturated carbocycles. The Bertz CT molecular complexity index is 346. The Balaban J connectivity index is 2.03. The van der Waals surface area contributed by atoms with Crippen molar-refractivity contribution in [3.05, 3.63) is 35.9 Å². The molecule has 1 fully saturated rings. The van der Waals surface area contributed by atoms with Gasteiger partial charge in [-0.15, -0.1) is 0 Å². The minimum Gasteiger partial charge on any atom is -0.277 e. The molecule has 0 saturated heterocycles. The highest BCUT2D eigenvalue weighted by molar-refractivity contribution is 5.75. The Kier molecular flexibility index (Phi) is 3.57. The van der Waals surface area contributed by atoms with Crippen LogP contribution in [0.2, 0.25) is 0 Å². The molecule has 0 aromatic heterocycles. The average Bonchev–Trinajstić information content (AvgIpc) is 3.11. The van der Waals surface area contributed by atoms with Crippen molar-refractivity contribution >= 4 is 5.91 Å². The molecular formula is C13H17NO2. The standard InChI is InChI=1S/C13H17NO2/c1-16-14-13(15)9-12(11-7-8-11)10-5-3-2-4-6-10/h2-6,11-12H,7-9H2,1H3,(H,14,15). The maximum Gasteiger partial charge on any atom is 0.244 e. The second-order valence-corrected chi connectivity index (χ2v) is 4.29. The van der Waals surface area contributed by atoms with E-state index in [9.17, 15) is 4.79 Å². The number of carbonyl (C=O) groups excluding carboxylic acids is 1. The van der Waals surface area contributed by atoms with Crippen LogP contribution < -0.4 is 5.48 Å². The molecule has 1 atom stereocenters. The van der Waals surface area contributed by atoms with E-state index >= 15 is 0 Å². The predicted molar refractivity (Wildman–Crippen MR) is 61.7 cm³/mol. The molecule has 0 spiro atoms. The normalized spacial score (nSPS) is 16.8. The van der Waals surface area contributed by atoms with E-state index in [0.717, 1.165) is 0 Å². The lowest BCUT2D eigenvalue weighted by Gasteiger charge is -2.15. The first-order chi connectivity index (χ1) is 7.81. The first-order valence-electron chi connectivity index (χ1n) is 5.68. The van der Waals surface area contributed by atoms with E-state index < -0.39 is 0 Å². The largest absolute Gasteiger partial charge is 0.277 e. The van der Waals surface area contributed by atoms with Crippen LogP contribution in [0.3, 0.4) is 0 Å². The van der Waals surface area contributed by atoms with Crippen molar-refractivity contribution in [2.24, 2.45) is 5.92 Å². The SMILES string of the molecule is CONC(=O)CC(c1ccccc1)C1CC1. The number of carbonyl (C=O) groups is 1. The van der Waals surface area contributed by atoms with Gasteiger partial charge in [0.05, 0.1) is 7.11 Å². The van der Waals surface area contributed by atoms with Gasteiger partial charge in [0.1, 0.15) is 0 Å². The summed E-state index contributed by atoms with van der Waals surface area (Å²) in [7, 11) is 1.46. The second-order valence-electron chi connectivity index (χ2n) is 4.29. The van der Waals surface area contributed by atoms with Crippen molar-refractivity contribution in [3.8, 4) is 0 Å². The first-order valence-corrected chi connectivity index (χ1v) is 5.68. The number of benzene rings is 1. The molecule has 16 heavy (non-hydrogen) atoms. The number of rotatable bonds is 5. The van der Waals surface area contributed by atoms with Gasteiger partial charge in [-0.25, -0.2) is 5.48 Å². The van der Waals surface area contributed by atoms with Gasteiger partial charge in [0, 0.05) is 6.42 Å². The second kappa shape index (κ2) is 5.12. The first kappa shape index (κ1) is 11.1. The van der Waals surface area contributed by atoms with Gasteiger partial charge in [0.15, 0.2) is 0 Å². The van der Waals surface area contributed by atoms with Crippen molar-refractivity contribution in [1.29, 1.82) is 0 Å². The summed E-state index contributed by atoms with van der Waals surface area (Å²) in [6.45, 7) is 0. The zero-order valence-electron chi connectivity index (χ0n) is 9.48. The van der Waals surface area contributed by atoms with Gasteiger partial charge in [-0.2, -0.15) is 0 Å². The zero-order chi connectivity index (χ0) is 11.4. The summed E-state index contributed by atoms with van der Waals surface area (Å²) < 4.78 is 0. The third kappa shape index (κ3) is 2.83. The van der Waals surface area contributed by atoms with Crippen molar-refractivity contribution < 1.29 is 9.63 Å². The van der Waals surface area contributed by atoms with Crippen LogP contribution >= 0.6 is 0 Å². The fraction of sp³-hybridized carbons (Fsp3) is 0.462. The Morgan fingerprint density at radius 1 is 1.44 bits per heavy atom. The lowest BCUT2D eigenvalue weighted by Crippen LogP contribution is -2.24. The number of hydrogen-bond donors (Lipinski definition) is 1. The molecule has 1 aromatic rings. The van der Waals surface area contributed by atoms with Gasteiger partial charge >= 0.3 is 0 Å². The molecule has 1 amide bonds. The quantitative estimate of drug-likeness (QED) is 0.771. The molecule has 3 nitrogen and oxygen atoms in total. The minimum atomic E-state index is -0.0387. The smallest absolute Gasteiger partial charge is 0.244 e. The molecule has 1 unspecified atom stereocenters. The van der Waals surface area contributed by atoms with Crippen LogP contribution in [0.25, 0.3) is 0 Å². The van der Waals surface area contributed by atoms with Gasteiger partial charge in [0.2, 0.25) is 5.91 Å². The lowest BCUT2D eigenvalue weighted by atomic mass is 9.91. The van der Waals surface area contributed by atoms with E-state index in [1.807, 2.05) is 18.2 Å². The highest BCUT2D eigenvalue weighted by Crippen LogP contribution is 2.44. The van der Waals surface area contributed by atoms with Crippen LogP contribution in [0.4, 0.5) is 0 Å². The van der Waals surface area contributed by atoms with Gasteiger partial charge in [-0.1, -0.05) is 30.3 Å². The molecule has 3 heteroatoms. The fourth-order valence-corrected chi connectivity index (χ4v) is 2.11. The number of amides is 1. The van der Waals surface area contributed by atoms with E-state index in [2.05, 4.69) is 22.5 Å². The van der Waals surface area contributed by atoms with Gasteiger partial charge in [-0.05, 0) is 30.2 Å². The van der Waals surface area contributed by atoms with Crippen LogP contribution in [0, 0.1) is 5.92 Å². The summed E-state index contributed by atoms with van der Waals surface area (Å²) in [6, 6.07) is 10.3. The Morgan fingerprint density at radius 3 is 2.69 bits per heavy atom. The summed E-state index contributed by atoms with van der Waals surface area (Å²) in [5, 5.41) is 0. The average molecular weight is 219 g/mol. The van der Waals surface area contributed by atoms with Gasteiger partial charge in [-0.3, -0.25) is 9.63 Å². The monoisotopic (exact) mass is 219 g/mol. The van der Waals surface area contributed by atoms with Crippen LogP contribution in [0.15, 0.2) is 30.3 Å². The van der Waals surface area contributed by atoms with E-state index in [-0.39, 0.29) is 5.91 Å². The minimum absolute atomic E-state index is 0.0387. The highest BCUT2D eigenvalue weighted by atomic mass is 16.6. The topological polar surface area (TPSA) is 38.3 Å². The molecule has 0 heterocycles. The molecule has 0 bridgehead atoms. The Hall–Kier alpha value is -1.35. The number of hydroxylamine groups is 1. The summed E-state index contributed by atoms with van der Waals surface area (Å²) in [6.07, 6.45) is 2.99. The fourth-order valence-electron chi connectivity index (χ4n) is 2.11. The molecule has 1 aliphatic rings. The highest BCUT2D eigenvalue weighted by Gasteiger charge is 2.33. The Morgan fingerprint density at radius 2 is 2.12 bits per heavy atom. The molecule has 86 valence electrons. The zero-order valence-corrected chi connectivity index (χ0v) is 9.48. The molecule has 0 aliphatic heterocycles. The molecular weight excluding hydrogens is 202 g/mol. The van der Waals surface area contributed by atoms with E-state index in [1.165, 1.54) is 25.5 Å². The van der Waals surface area contributed by atoms with Crippen LogP contribution in [-0.4, -0.2) is 13.0 Å². The summed E-state index contributed by atoms with van der Waals surface area (Å²) >= 11 is 0. The maximum atomic E-state index is 11.5. The van der Waals surface area contributed by atoms with E-state index in [4.69, 9.17) is 0 Å². The molecule has 1 aromatic carbocycles. The summed E-state index contributed by atoms with van der Waals surface area (Å²) in [5.41, 5.74) is 3.65. The van der Waals surface area contributed by atoms with Gasteiger partial charge in [0.25, 0.3) is 0 Å². The van der Waals surface area contributed by atoms with Crippen LogP contribution in [0.5, 0.6) is 0 Å². The number of nitrogens with one attached hydrogen (secondary N) is 1. The van der Waals surface area contributed by atoms with E-state index in [1.54, 1.807) is 0 Å². The molecule has 1 aliphatic carbocycles. The van der Waals surface area contributed by atoms with Crippen molar-refractivity contribution in [2.45, 2.75) is 25.2 Å². The van der Waals surface area contributed by atoms with Crippen LogP contribution in [0.1, 0.15) is 30.7 Å².